The molecule has 2 amide bonds. The van der Waals surface area contributed by atoms with Crippen molar-refractivity contribution in [2.75, 3.05) is 19.5 Å². The smallest absolute Gasteiger partial charge is 0.352 e. The number of fused-ring (bicyclic) bond motifs is 1. The normalized spacial score (nSPS) is 23.4. The Kier molecular flexibility index (Phi) is 6.56. The first-order chi connectivity index (χ1) is 14.7. The topological polar surface area (TPSA) is 131 Å². The van der Waals surface area contributed by atoms with Gasteiger partial charge in [-0.05, 0) is 19.1 Å². The monoisotopic (exact) mass is 450 g/mol. The third kappa shape index (κ3) is 4.23. The molecule has 1 saturated heterocycles. The van der Waals surface area contributed by atoms with Gasteiger partial charge in [0.2, 0.25) is 0 Å². The number of carboxylic acid groups (broad SMARTS) is 1. The Labute approximate surface area is 182 Å². The zero-order valence-corrected chi connectivity index (χ0v) is 17.9. The molecule has 1 fully saturated rings. The number of hydrogen-bond acceptors (Lipinski definition) is 8. The van der Waals surface area contributed by atoms with Crippen LogP contribution in [0.5, 0.6) is 5.75 Å². The van der Waals surface area contributed by atoms with Crippen molar-refractivity contribution in [2.45, 2.75) is 31.1 Å². The number of aliphatic carboxylic acids is 1. The summed E-state index contributed by atoms with van der Waals surface area (Å²) in [4.78, 5) is 49.7. The molecular weight excluding hydrogens is 428 g/mol. The highest BCUT2D eigenvalue weighted by Crippen LogP contribution is 2.47. The van der Waals surface area contributed by atoms with Crippen molar-refractivity contribution < 1.29 is 38.5 Å². The van der Waals surface area contributed by atoms with Crippen molar-refractivity contribution in [3.05, 3.63) is 41.6 Å². The Hall–Kier alpha value is -3.05. The third-order valence-electron chi connectivity index (χ3n) is 4.86. The van der Waals surface area contributed by atoms with Crippen LogP contribution in [-0.4, -0.2) is 70.4 Å². The van der Waals surface area contributed by atoms with E-state index in [4.69, 9.17) is 14.2 Å². The predicted octanol–water partition coefficient (Wildman–Crippen LogP) is 0.730. The number of ether oxygens (including phenoxy) is 3. The fourth-order valence-corrected chi connectivity index (χ4v) is 4.99. The number of nitrogens with zero attached hydrogens (tertiary/aromatic N) is 1. The van der Waals surface area contributed by atoms with Crippen LogP contribution < -0.4 is 10.1 Å². The molecule has 166 valence electrons. The van der Waals surface area contributed by atoms with E-state index in [9.17, 15) is 24.3 Å². The average molecular weight is 450 g/mol. The van der Waals surface area contributed by atoms with Crippen LogP contribution in [0.25, 0.3) is 0 Å². The molecule has 1 aromatic rings. The molecule has 0 bridgehead atoms. The molecule has 0 radical (unpaired) electrons. The number of rotatable bonds is 8. The standard InChI is InChI=1S/C20H22N2O8S/c1-11(30-12(2)23)14-10-31-19-20(28-3,18(27)22(19)16(14)17(25)26)21-15(24)9-29-13-7-5-4-6-8-13/h4-8,11,19H,9-10H2,1-3H3,(H,21,24)(H,25,26)/t11?,19-,20+/m1/s1. The van der Waals surface area contributed by atoms with Crippen molar-refractivity contribution in [1.82, 2.24) is 10.2 Å². The summed E-state index contributed by atoms with van der Waals surface area (Å²) < 4.78 is 15.9. The van der Waals surface area contributed by atoms with Crippen LogP contribution in [0.1, 0.15) is 13.8 Å². The molecule has 1 aromatic carbocycles. The second kappa shape index (κ2) is 8.98. The van der Waals surface area contributed by atoms with Crippen LogP contribution in [0.2, 0.25) is 0 Å². The molecule has 0 saturated carbocycles. The molecule has 2 aliphatic rings. The summed E-state index contributed by atoms with van der Waals surface area (Å²) in [6, 6.07) is 8.68. The maximum absolute atomic E-state index is 13.0. The molecule has 0 aromatic heterocycles. The number of para-hydroxylation sites is 1. The zero-order chi connectivity index (χ0) is 22.8. The van der Waals surface area contributed by atoms with Gasteiger partial charge in [0.25, 0.3) is 17.5 Å². The molecule has 2 N–H and O–H groups in total. The van der Waals surface area contributed by atoms with E-state index in [1.54, 1.807) is 30.3 Å². The molecule has 10 nitrogen and oxygen atoms in total. The minimum atomic E-state index is -1.72. The van der Waals surface area contributed by atoms with Gasteiger partial charge in [0.1, 0.15) is 22.9 Å². The first-order valence-electron chi connectivity index (χ1n) is 9.34. The summed E-state index contributed by atoms with van der Waals surface area (Å²) in [5, 5.41) is 11.5. The number of benzene rings is 1. The minimum Gasteiger partial charge on any atom is -0.484 e. The van der Waals surface area contributed by atoms with Crippen LogP contribution in [0.15, 0.2) is 41.6 Å². The largest absolute Gasteiger partial charge is 0.484 e. The van der Waals surface area contributed by atoms with E-state index in [1.807, 2.05) is 0 Å². The number of amides is 2. The summed E-state index contributed by atoms with van der Waals surface area (Å²) in [6.07, 6.45) is -0.823. The maximum atomic E-state index is 13.0. The lowest BCUT2D eigenvalue weighted by molar-refractivity contribution is -0.193. The summed E-state index contributed by atoms with van der Waals surface area (Å²) >= 11 is 1.20. The molecule has 2 heterocycles. The van der Waals surface area contributed by atoms with E-state index in [1.165, 1.54) is 32.7 Å². The maximum Gasteiger partial charge on any atom is 0.352 e. The van der Waals surface area contributed by atoms with Gasteiger partial charge >= 0.3 is 11.9 Å². The van der Waals surface area contributed by atoms with Crippen LogP contribution in [-0.2, 0) is 28.7 Å². The molecule has 0 spiro atoms. The SMILES string of the molecule is CO[C@@]1(NC(=O)COc2ccccc2)C(=O)N2C(C(=O)O)=C(C(C)OC(C)=O)CS[C@@H]21. The molecule has 1 unspecified atom stereocenters. The van der Waals surface area contributed by atoms with Crippen LogP contribution in [0, 0.1) is 0 Å². The fourth-order valence-electron chi connectivity index (χ4n) is 3.44. The van der Waals surface area contributed by atoms with E-state index in [0.717, 1.165) is 4.90 Å². The van der Waals surface area contributed by atoms with Gasteiger partial charge in [-0.1, -0.05) is 18.2 Å². The number of methoxy groups -OCH3 is 1. The quantitative estimate of drug-likeness (QED) is 0.334. The highest BCUT2D eigenvalue weighted by Gasteiger charge is 2.66. The number of hydrogen-bond donors (Lipinski definition) is 2. The van der Waals surface area contributed by atoms with E-state index in [0.29, 0.717) is 11.3 Å². The molecule has 3 atom stereocenters. The van der Waals surface area contributed by atoms with Crippen molar-refractivity contribution in [3.8, 4) is 5.75 Å². The van der Waals surface area contributed by atoms with Crippen LogP contribution >= 0.6 is 11.8 Å². The molecule has 31 heavy (non-hydrogen) atoms. The summed E-state index contributed by atoms with van der Waals surface area (Å²) in [6.45, 7) is 2.40. The summed E-state index contributed by atoms with van der Waals surface area (Å²) in [5.74, 6) is -2.58. The van der Waals surface area contributed by atoms with Crippen molar-refractivity contribution in [3.63, 3.8) is 0 Å². The Morgan fingerprint density at radius 2 is 2.00 bits per heavy atom. The summed E-state index contributed by atoms with van der Waals surface area (Å²) in [7, 11) is 1.26. The van der Waals surface area contributed by atoms with E-state index in [2.05, 4.69) is 5.32 Å². The number of carbonyl (C=O) groups is 4. The number of nitrogens with one attached hydrogen (secondary N) is 1. The van der Waals surface area contributed by atoms with Gasteiger partial charge in [0.05, 0.1) is 0 Å². The number of carboxylic acids is 1. The first-order valence-corrected chi connectivity index (χ1v) is 10.4. The number of thioether (sulfide) groups is 1. The molecule has 0 aliphatic carbocycles. The van der Waals surface area contributed by atoms with Crippen LogP contribution in [0.3, 0.4) is 0 Å². The van der Waals surface area contributed by atoms with Crippen molar-refractivity contribution >= 4 is 35.5 Å². The highest BCUT2D eigenvalue weighted by molar-refractivity contribution is 8.00. The van der Waals surface area contributed by atoms with E-state index < -0.39 is 41.0 Å². The molecule has 11 heteroatoms. The van der Waals surface area contributed by atoms with Gasteiger partial charge < -0.3 is 24.6 Å². The van der Waals surface area contributed by atoms with E-state index in [-0.39, 0.29) is 18.1 Å². The zero-order valence-electron chi connectivity index (χ0n) is 17.1. The van der Waals surface area contributed by atoms with Gasteiger partial charge in [0.15, 0.2) is 6.61 Å². The summed E-state index contributed by atoms with van der Waals surface area (Å²) in [5.41, 5.74) is -1.70. The average Bonchev–Trinajstić information content (AvgIpc) is 2.74. The van der Waals surface area contributed by atoms with Gasteiger partial charge in [0, 0.05) is 25.4 Å². The molecule has 2 aliphatic heterocycles. The van der Waals surface area contributed by atoms with E-state index >= 15 is 0 Å². The Morgan fingerprint density at radius 3 is 2.58 bits per heavy atom. The van der Waals surface area contributed by atoms with Gasteiger partial charge in [-0.2, -0.15) is 0 Å². The van der Waals surface area contributed by atoms with Crippen molar-refractivity contribution in [1.29, 1.82) is 0 Å². The number of carbonyl (C=O) groups excluding carboxylic acids is 3. The van der Waals surface area contributed by atoms with Gasteiger partial charge in [-0.15, -0.1) is 11.8 Å². The van der Waals surface area contributed by atoms with Crippen molar-refractivity contribution in [2.24, 2.45) is 0 Å². The lowest BCUT2D eigenvalue weighted by Gasteiger charge is -2.56. The second-order valence-corrected chi connectivity index (χ2v) is 7.93. The second-order valence-electron chi connectivity index (χ2n) is 6.86. The Balaban J connectivity index is 1.78. The lowest BCUT2D eigenvalue weighted by Crippen LogP contribution is -2.81. The molecular formula is C20H22N2O8S. The van der Waals surface area contributed by atoms with Gasteiger partial charge in [-0.25, -0.2) is 4.79 Å². The first kappa shape index (κ1) is 22.6. The third-order valence-corrected chi connectivity index (χ3v) is 6.19. The van der Waals surface area contributed by atoms with Crippen LogP contribution in [0.4, 0.5) is 0 Å². The Bertz CT molecular complexity index is 934. The van der Waals surface area contributed by atoms with Gasteiger partial charge in [-0.3, -0.25) is 19.3 Å². The number of esters is 1. The fraction of sp³-hybridized carbons (Fsp3) is 0.400. The predicted molar refractivity (Wildman–Crippen MR) is 109 cm³/mol. The minimum absolute atomic E-state index is 0.173. The highest BCUT2D eigenvalue weighted by atomic mass is 32.2. The lowest BCUT2D eigenvalue weighted by atomic mass is 9.97. The molecule has 3 rings (SSSR count). The Morgan fingerprint density at radius 1 is 1.32 bits per heavy atom. The number of β-lactam (4-membered cyclic amide) rings is 1.